The van der Waals surface area contributed by atoms with E-state index in [1.165, 1.54) is 4.88 Å². The highest BCUT2D eigenvalue weighted by Gasteiger charge is 2.13. The molecular formula is C12H18N2O4S. The van der Waals surface area contributed by atoms with E-state index in [2.05, 4.69) is 10.6 Å². The number of carbonyl (C=O) groups excluding carboxylic acids is 1. The molecule has 1 aromatic rings. The van der Waals surface area contributed by atoms with Crippen LogP contribution in [0.4, 0.5) is 4.79 Å². The van der Waals surface area contributed by atoms with Gasteiger partial charge in [0, 0.05) is 30.3 Å². The number of amides is 2. The van der Waals surface area contributed by atoms with Crippen molar-refractivity contribution >= 4 is 23.3 Å². The van der Waals surface area contributed by atoms with Crippen LogP contribution >= 0.6 is 11.3 Å². The number of thiophene rings is 1. The number of rotatable bonds is 7. The molecule has 0 saturated heterocycles. The van der Waals surface area contributed by atoms with Gasteiger partial charge < -0.3 is 20.8 Å². The molecule has 4 N–H and O–H groups in total. The number of nitrogens with one attached hydrogen (secondary N) is 2. The van der Waals surface area contributed by atoms with Crippen molar-refractivity contribution in [1.29, 1.82) is 0 Å². The molecule has 1 aromatic heterocycles. The molecule has 106 valence electrons. The van der Waals surface area contributed by atoms with Crippen molar-refractivity contribution in [2.45, 2.75) is 31.9 Å². The van der Waals surface area contributed by atoms with Gasteiger partial charge in [0.1, 0.15) is 0 Å². The van der Waals surface area contributed by atoms with E-state index < -0.39 is 12.1 Å². The number of aliphatic hydroxyl groups excluding tert-OH is 1. The van der Waals surface area contributed by atoms with Gasteiger partial charge in [-0.3, -0.25) is 0 Å². The van der Waals surface area contributed by atoms with E-state index in [0.717, 1.165) is 6.42 Å². The minimum Gasteiger partial charge on any atom is -0.479 e. The summed E-state index contributed by atoms with van der Waals surface area (Å²) >= 11 is 1.63. The van der Waals surface area contributed by atoms with Crippen LogP contribution < -0.4 is 10.6 Å². The monoisotopic (exact) mass is 286 g/mol. The normalized spacial score (nSPS) is 13.6. The Bertz CT molecular complexity index is 408. The zero-order valence-corrected chi connectivity index (χ0v) is 11.4. The van der Waals surface area contributed by atoms with E-state index in [1.807, 2.05) is 24.4 Å². The Kier molecular flexibility index (Phi) is 6.31. The molecule has 0 fully saturated rings. The molecule has 2 unspecified atom stereocenters. The summed E-state index contributed by atoms with van der Waals surface area (Å²) in [5, 5.41) is 24.7. The lowest BCUT2D eigenvalue weighted by atomic mass is 10.2. The lowest BCUT2D eigenvalue weighted by Gasteiger charge is -2.14. The van der Waals surface area contributed by atoms with Crippen LogP contribution in [0, 0.1) is 0 Å². The van der Waals surface area contributed by atoms with Crippen molar-refractivity contribution in [2.75, 3.05) is 6.54 Å². The van der Waals surface area contributed by atoms with E-state index in [1.54, 1.807) is 11.3 Å². The van der Waals surface area contributed by atoms with Crippen LogP contribution in [0.5, 0.6) is 0 Å². The van der Waals surface area contributed by atoms with Crippen LogP contribution in [0.25, 0.3) is 0 Å². The van der Waals surface area contributed by atoms with E-state index >= 15 is 0 Å². The third-order valence-corrected chi connectivity index (χ3v) is 3.35. The molecular weight excluding hydrogens is 268 g/mol. The molecule has 0 spiro atoms. The van der Waals surface area contributed by atoms with Crippen LogP contribution in [-0.2, 0) is 11.2 Å². The lowest BCUT2D eigenvalue weighted by molar-refractivity contribution is -0.146. The van der Waals surface area contributed by atoms with Crippen molar-refractivity contribution in [1.82, 2.24) is 10.6 Å². The van der Waals surface area contributed by atoms with E-state index in [0.29, 0.717) is 0 Å². The lowest BCUT2D eigenvalue weighted by Crippen LogP contribution is -2.42. The topological polar surface area (TPSA) is 98.7 Å². The first-order chi connectivity index (χ1) is 8.99. The quantitative estimate of drug-likeness (QED) is 0.596. The molecule has 6 nitrogen and oxygen atoms in total. The number of aliphatic hydroxyl groups is 1. The zero-order chi connectivity index (χ0) is 14.3. The number of carbonyl (C=O) groups is 2. The molecule has 1 heterocycles. The molecule has 7 heteroatoms. The average molecular weight is 286 g/mol. The van der Waals surface area contributed by atoms with Gasteiger partial charge in [-0.05, 0) is 18.4 Å². The van der Waals surface area contributed by atoms with E-state index in [9.17, 15) is 9.59 Å². The van der Waals surface area contributed by atoms with Crippen LogP contribution in [-0.4, -0.2) is 40.9 Å². The van der Waals surface area contributed by atoms with Crippen LogP contribution in [0.15, 0.2) is 17.5 Å². The van der Waals surface area contributed by atoms with Gasteiger partial charge in [-0.15, -0.1) is 11.3 Å². The molecule has 0 aliphatic heterocycles. The van der Waals surface area contributed by atoms with Crippen molar-refractivity contribution in [2.24, 2.45) is 0 Å². The average Bonchev–Trinajstić information content (AvgIpc) is 2.81. The van der Waals surface area contributed by atoms with Gasteiger partial charge in [0.2, 0.25) is 0 Å². The maximum absolute atomic E-state index is 11.5. The second-order valence-corrected chi connectivity index (χ2v) is 5.26. The molecule has 0 aromatic carbocycles. The van der Waals surface area contributed by atoms with Gasteiger partial charge in [0.25, 0.3) is 0 Å². The smallest absolute Gasteiger partial charge is 0.332 e. The van der Waals surface area contributed by atoms with Gasteiger partial charge in [0.05, 0.1) is 0 Å². The van der Waals surface area contributed by atoms with Gasteiger partial charge >= 0.3 is 12.0 Å². The Hall–Kier alpha value is -1.60. The number of urea groups is 1. The van der Waals surface area contributed by atoms with Crippen molar-refractivity contribution in [3.63, 3.8) is 0 Å². The Labute approximate surface area is 115 Å². The Morgan fingerprint density at radius 2 is 2.21 bits per heavy atom. The van der Waals surface area contributed by atoms with Gasteiger partial charge in [-0.25, -0.2) is 9.59 Å². The van der Waals surface area contributed by atoms with Gasteiger partial charge in [-0.1, -0.05) is 6.07 Å². The van der Waals surface area contributed by atoms with Crippen molar-refractivity contribution in [3.8, 4) is 0 Å². The summed E-state index contributed by atoms with van der Waals surface area (Å²) in [5.74, 6) is -1.28. The molecule has 19 heavy (non-hydrogen) atoms. The van der Waals surface area contributed by atoms with Crippen molar-refractivity contribution in [3.05, 3.63) is 22.4 Å². The second-order valence-electron chi connectivity index (χ2n) is 4.23. The fourth-order valence-electron chi connectivity index (χ4n) is 1.50. The predicted molar refractivity (Wildman–Crippen MR) is 72.3 cm³/mol. The standard InChI is InChI=1S/C12H18N2O4S/c1-8(7-9-3-2-6-19-9)14-12(18)13-5-4-10(15)11(16)17/h2-3,6,8,10,15H,4-5,7H2,1H3,(H,16,17)(H2,13,14,18). The van der Waals surface area contributed by atoms with Crippen LogP contribution in [0.3, 0.4) is 0 Å². The highest BCUT2D eigenvalue weighted by Crippen LogP contribution is 2.10. The maximum Gasteiger partial charge on any atom is 0.332 e. The number of carboxylic acids is 1. The molecule has 1 rings (SSSR count). The first-order valence-corrected chi connectivity index (χ1v) is 6.84. The third kappa shape index (κ3) is 6.21. The molecule has 0 saturated carbocycles. The van der Waals surface area contributed by atoms with Crippen LogP contribution in [0.2, 0.25) is 0 Å². The summed E-state index contributed by atoms with van der Waals surface area (Å²) in [7, 11) is 0. The first kappa shape index (κ1) is 15.5. The minimum atomic E-state index is -1.44. The molecule has 0 aliphatic carbocycles. The summed E-state index contributed by atoms with van der Waals surface area (Å²) in [5.41, 5.74) is 0. The summed E-state index contributed by atoms with van der Waals surface area (Å²) in [4.78, 5) is 23.0. The zero-order valence-electron chi connectivity index (χ0n) is 10.6. The number of aliphatic carboxylic acids is 1. The number of hydrogen-bond acceptors (Lipinski definition) is 4. The first-order valence-electron chi connectivity index (χ1n) is 5.96. The molecule has 0 bridgehead atoms. The minimum absolute atomic E-state index is 0.0111. The fraction of sp³-hybridized carbons (Fsp3) is 0.500. The second kappa shape index (κ2) is 7.75. The predicted octanol–water partition coefficient (Wildman–Crippen LogP) is 0.814. The Morgan fingerprint density at radius 3 is 2.79 bits per heavy atom. The summed E-state index contributed by atoms with van der Waals surface area (Å²) < 4.78 is 0. The molecule has 2 amide bonds. The third-order valence-electron chi connectivity index (χ3n) is 2.45. The summed E-state index contributed by atoms with van der Waals surface area (Å²) in [6.07, 6.45) is -0.700. The van der Waals surface area contributed by atoms with Gasteiger partial charge in [0.15, 0.2) is 6.10 Å². The highest BCUT2D eigenvalue weighted by atomic mass is 32.1. The Balaban J connectivity index is 2.18. The maximum atomic E-state index is 11.5. The molecule has 0 radical (unpaired) electrons. The van der Waals surface area contributed by atoms with Gasteiger partial charge in [-0.2, -0.15) is 0 Å². The largest absolute Gasteiger partial charge is 0.479 e. The van der Waals surface area contributed by atoms with E-state index in [4.69, 9.17) is 10.2 Å². The Morgan fingerprint density at radius 1 is 1.47 bits per heavy atom. The number of hydrogen-bond donors (Lipinski definition) is 4. The number of carboxylic acid groups (broad SMARTS) is 1. The van der Waals surface area contributed by atoms with Crippen LogP contribution in [0.1, 0.15) is 18.2 Å². The molecule has 0 aliphatic rings. The van der Waals surface area contributed by atoms with Crippen molar-refractivity contribution < 1.29 is 19.8 Å². The SMILES string of the molecule is CC(Cc1cccs1)NC(=O)NCCC(O)C(=O)O. The molecule has 2 atom stereocenters. The fourth-order valence-corrected chi connectivity index (χ4v) is 2.34. The summed E-state index contributed by atoms with van der Waals surface area (Å²) in [6, 6.07) is 3.59. The highest BCUT2D eigenvalue weighted by molar-refractivity contribution is 7.09. The summed E-state index contributed by atoms with van der Waals surface area (Å²) in [6.45, 7) is 2.01. The van der Waals surface area contributed by atoms with E-state index in [-0.39, 0.29) is 25.0 Å².